The molecule has 0 aliphatic carbocycles. The number of rotatable bonds is 8. The van der Waals surface area contributed by atoms with Crippen LogP contribution in [0.1, 0.15) is 47.0 Å². The van der Waals surface area contributed by atoms with Crippen LogP contribution in [0.2, 0.25) is 0 Å². The van der Waals surface area contributed by atoms with Crippen LogP contribution in [0.5, 0.6) is 0 Å². The minimum Gasteiger partial charge on any atom is -0.478 e. The predicted octanol–water partition coefficient (Wildman–Crippen LogP) is 2.59. The highest BCUT2D eigenvalue weighted by Crippen LogP contribution is 2.29. The molecule has 0 rings (SSSR count). The van der Waals surface area contributed by atoms with Crippen molar-refractivity contribution in [2.75, 3.05) is 6.61 Å². The van der Waals surface area contributed by atoms with Gasteiger partial charge in [0.2, 0.25) is 0 Å². The Morgan fingerprint density at radius 3 is 2.00 bits per heavy atom. The van der Waals surface area contributed by atoms with Crippen LogP contribution in [-0.2, 0) is 19.4 Å². The number of hydrogen-bond donors (Lipinski definition) is 2. The maximum absolute atomic E-state index is 11.2. The third kappa shape index (κ3) is 6.24. The zero-order chi connectivity index (χ0) is 15.1. The minimum atomic E-state index is -1.46. The molecule has 6 nitrogen and oxygen atoms in total. The van der Waals surface area contributed by atoms with Crippen LogP contribution in [0.25, 0.3) is 0 Å². The van der Waals surface area contributed by atoms with Crippen LogP contribution in [0, 0.1) is 5.41 Å². The number of carboxylic acid groups (broad SMARTS) is 2. The first kappa shape index (κ1) is 17.4. The Labute approximate surface area is 112 Å². The van der Waals surface area contributed by atoms with Gasteiger partial charge in [0.25, 0.3) is 5.76 Å². The molecule has 0 aliphatic heterocycles. The molecule has 0 heterocycles. The summed E-state index contributed by atoms with van der Waals surface area (Å²) < 4.78 is 0. The van der Waals surface area contributed by atoms with E-state index in [0.29, 0.717) is 0 Å². The van der Waals surface area contributed by atoms with Gasteiger partial charge in [-0.2, -0.15) is 4.89 Å². The summed E-state index contributed by atoms with van der Waals surface area (Å²) in [6, 6.07) is 0. The van der Waals surface area contributed by atoms with Gasteiger partial charge in [-0.05, 0) is 11.8 Å². The molecule has 0 aromatic carbocycles. The lowest BCUT2D eigenvalue weighted by molar-refractivity contribution is -0.265. The Hall–Kier alpha value is -1.56. The zero-order valence-corrected chi connectivity index (χ0v) is 11.9. The molecule has 0 spiro atoms. The van der Waals surface area contributed by atoms with Crippen molar-refractivity contribution in [1.29, 1.82) is 0 Å². The number of hydrogen-bond acceptors (Lipinski definition) is 4. The average Bonchev–Trinajstić information content (AvgIpc) is 2.24. The van der Waals surface area contributed by atoms with Crippen molar-refractivity contribution < 1.29 is 29.6 Å². The lowest BCUT2D eigenvalue weighted by atomic mass is 9.85. The first-order chi connectivity index (χ1) is 8.71. The molecule has 0 saturated heterocycles. The van der Waals surface area contributed by atoms with E-state index in [2.05, 4.69) is 0 Å². The maximum atomic E-state index is 11.2. The number of carboxylic acids is 2. The molecule has 0 aliphatic rings. The lowest BCUT2D eigenvalue weighted by Gasteiger charge is -2.20. The molecular formula is C13H22O6. The van der Waals surface area contributed by atoms with Gasteiger partial charge in [0.1, 0.15) is 0 Å². The van der Waals surface area contributed by atoms with Crippen LogP contribution in [0.15, 0.2) is 11.3 Å². The fraction of sp³-hybridized carbons (Fsp3) is 0.692. The summed E-state index contributed by atoms with van der Waals surface area (Å²) in [6.07, 6.45) is 2.65. The SMILES string of the molecule is CCCCCOO/C(C(=O)O)=C(\C(=O)O)C(C)(C)C. The van der Waals surface area contributed by atoms with E-state index in [1.54, 1.807) is 20.8 Å². The fourth-order valence-electron chi connectivity index (χ4n) is 1.45. The minimum absolute atomic E-state index is 0.224. The molecule has 0 radical (unpaired) electrons. The summed E-state index contributed by atoms with van der Waals surface area (Å²) in [5.41, 5.74) is -1.19. The van der Waals surface area contributed by atoms with Crippen molar-refractivity contribution in [3.8, 4) is 0 Å². The van der Waals surface area contributed by atoms with Gasteiger partial charge in [0, 0.05) is 0 Å². The van der Waals surface area contributed by atoms with Crippen molar-refractivity contribution in [3.63, 3.8) is 0 Å². The third-order valence-electron chi connectivity index (χ3n) is 2.36. The van der Waals surface area contributed by atoms with E-state index in [1.807, 2.05) is 6.92 Å². The van der Waals surface area contributed by atoms with E-state index in [4.69, 9.17) is 20.0 Å². The first-order valence-electron chi connectivity index (χ1n) is 6.22. The van der Waals surface area contributed by atoms with E-state index in [9.17, 15) is 9.59 Å². The van der Waals surface area contributed by atoms with E-state index in [-0.39, 0.29) is 12.2 Å². The summed E-state index contributed by atoms with van der Waals surface area (Å²) in [5.74, 6) is -3.46. The average molecular weight is 274 g/mol. The van der Waals surface area contributed by atoms with E-state index >= 15 is 0 Å². The molecule has 0 aromatic rings. The summed E-state index contributed by atoms with van der Waals surface area (Å²) in [7, 11) is 0. The summed E-state index contributed by atoms with van der Waals surface area (Å²) in [6.45, 7) is 7.03. The molecular weight excluding hydrogens is 252 g/mol. The van der Waals surface area contributed by atoms with Gasteiger partial charge >= 0.3 is 11.9 Å². The topological polar surface area (TPSA) is 93.1 Å². The van der Waals surface area contributed by atoms with Gasteiger partial charge in [-0.3, -0.25) is 0 Å². The molecule has 0 saturated carbocycles. The van der Waals surface area contributed by atoms with E-state index in [1.165, 1.54) is 0 Å². The summed E-state index contributed by atoms with van der Waals surface area (Å²) in [4.78, 5) is 31.7. The highest BCUT2D eigenvalue weighted by atomic mass is 17.2. The Balaban J connectivity index is 4.95. The van der Waals surface area contributed by atoms with Crippen molar-refractivity contribution >= 4 is 11.9 Å². The maximum Gasteiger partial charge on any atom is 0.375 e. The highest BCUT2D eigenvalue weighted by molar-refractivity contribution is 5.98. The molecule has 0 aromatic heterocycles. The van der Waals surface area contributed by atoms with Gasteiger partial charge in [-0.15, -0.1) is 0 Å². The van der Waals surface area contributed by atoms with Crippen molar-refractivity contribution in [1.82, 2.24) is 0 Å². The third-order valence-corrected chi connectivity index (χ3v) is 2.36. The van der Waals surface area contributed by atoms with Crippen LogP contribution in [-0.4, -0.2) is 28.8 Å². The highest BCUT2D eigenvalue weighted by Gasteiger charge is 2.33. The second kappa shape index (κ2) is 7.78. The van der Waals surface area contributed by atoms with E-state index < -0.39 is 23.1 Å². The van der Waals surface area contributed by atoms with Gasteiger partial charge in [0.15, 0.2) is 0 Å². The molecule has 0 amide bonds. The van der Waals surface area contributed by atoms with Crippen molar-refractivity contribution in [2.45, 2.75) is 47.0 Å². The first-order valence-corrected chi connectivity index (χ1v) is 6.22. The van der Waals surface area contributed by atoms with E-state index in [0.717, 1.165) is 19.3 Å². The number of aliphatic carboxylic acids is 2. The van der Waals surface area contributed by atoms with Gasteiger partial charge in [-0.25, -0.2) is 9.59 Å². The Morgan fingerprint density at radius 2 is 1.63 bits per heavy atom. The fourth-order valence-corrected chi connectivity index (χ4v) is 1.45. The molecule has 110 valence electrons. The van der Waals surface area contributed by atoms with Crippen molar-refractivity contribution in [3.05, 3.63) is 11.3 Å². The van der Waals surface area contributed by atoms with Crippen LogP contribution in [0.4, 0.5) is 0 Å². The Kier molecular flexibility index (Phi) is 7.14. The predicted molar refractivity (Wildman–Crippen MR) is 68.3 cm³/mol. The molecule has 0 bridgehead atoms. The van der Waals surface area contributed by atoms with Gasteiger partial charge in [-0.1, -0.05) is 40.5 Å². The number of unbranched alkanes of at least 4 members (excludes halogenated alkanes) is 2. The molecule has 2 N–H and O–H groups in total. The molecule has 0 unspecified atom stereocenters. The molecule has 0 fully saturated rings. The largest absolute Gasteiger partial charge is 0.478 e. The second-order valence-corrected chi connectivity index (χ2v) is 5.18. The molecule has 6 heteroatoms. The standard InChI is InChI=1S/C13H22O6/c1-5-6-7-8-18-19-10(12(16)17)9(11(14)15)13(2,3)4/h5-8H2,1-4H3,(H,14,15)(H,16,17)/b10-9+. The van der Waals surface area contributed by atoms with Crippen LogP contribution >= 0.6 is 0 Å². The van der Waals surface area contributed by atoms with Gasteiger partial charge < -0.3 is 15.1 Å². The van der Waals surface area contributed by atoms with Crippen LogP contribution in [0.3, 0.4) is 0 Å². The summed E-state index contributed by atoms with van der Waals surface area (Å²) in [5, 5.41) is 18.1. The molecule has 0 atom stereocenters. The zero-order valence-electron chi connectivity index (χ0n) is 11.9. The quantitative estimate of drug-likeness (QED) is 0.232. The number of carbonyl (C=O) groups is 2. The Morgan fingerprint density at radius 1 is 1.05 bits per heavy atom. The monoisotopic (exact) mass is 274 g/mol. The second-order valence-electron chi connectivity index (χ2n) is 5.18. The van der Waals surface area contributed by atoms with Crippen LogP contribution < -0.4 is 0 Å². The van der Waals surface area contributed by atoms with Crippen molar-refractivity contribution in [2.24, 2.45) is 5.41 Å². The Bertz CT molecular complexity index is 351. The smallest absolute Gasteiger partial charge is 0.375 e. The molecule has 19 heavy (non-hydrogen) atoms. The normalized spacial score (nSPS) is 12.8. The van der Waals surface area contributed by atoms with Gasteiger partial charge in [0.05, 0.1) is 12.2 Å². The lowest BCUT2D eigenvalue weighted by Crippen LogP contribution is -2.24. The summed E-state index contributed by atoms with van der Waals surface area (Å²) >= 11 is 0.